The first kappa shape index (κ1) is 19.5. The fourth-order valence-electron chi connectivity index (χ4n) is 2.90. The SMILES string of the molecule is COc1cc(OC)c(C(C)C)cc1-c1cn(Cc2ccc(Cl)c(Cl)c2)nn1. The standard InChI is InChI=1S/C20H21Cl2N3O2/c1-12(2)14-8-15(20(27-4)9-19(14)26-3)18-11-25(24-23-18)10-13-5-6-16(21)17(22)7-13/h5-9,11-12H,10H2,1-4H3. The normalized spacial score (nSPS) is 11.1. The zero-order valence-electron chi connectivity index (χ0n) is 15.7. The molecule has 0 aliphatic carbocycles. The number of methoxy groups -OCH3 is 2. The van der Waals surface area contributed by atoms with E-state index in [1.165, 1.54) is 0 Å². The van der Waals surface area contributed by atoms with E-state index in [1.54, 1.807) is 25.0 Å². The molecule has 0 spiro atoms. The molecule has 0 unspecified atom stereocenters. The minimum absolute atomic E-state index is 0.302. The van der Waals surface area contributed by atoms with Crippen LogP contribution in [0.25, 0.3) is 11.3 Å². The lowest BCUT2D eigenvalue weighted by Crippen LogP contribution is -2.00. The summed E-state index contributed by atoms with van der Waals surface area (Å²) in [4.78, 5) is 0. The first-order valence-electron chi connectivity index (χ1n) is 8.53. The lowest BCUT2D eigenvalue weighted by Gasteiger charge is -2.16. The summed E-state index contributed by atoms with van der Waals surface area (Å²) in [5.74, 6) is 1.79. The molecule has 0 N–H and O–H groups in total. The van der Waals surface area contributed by atoms with Crippen molar-refractivity contribution in [1.29, 1.82) is 0 Å². The maximum atomic E-state index is 6.09. The average molecular weight is 406 g/mol. The minimum atomic E-state index is 0.302. The zero-order valence-corrected chi connectivity index (χ0v) is 17.2. The first-order chi connectivity index (χ1) is 12.9. The molecule has 0 fully saturated rings. The van der Waals surface area contributed by atoms with Gasteiger partial charge in [-0.1, -0.05) is 48.3 Å². The fraction of sp³-hybridized carbons (Fsp3) is 0.300. The van der Waals surface area contributed by atoms with Crippen molar-refractivity contribution in [3.63, 3.8) is 0 Å². The van der Waals surface area contributed by atoms with Gasteiger partial charge in [0.05, 0.1) is 37.0 Å². The molecule has 1 heterocycles. The van der Waals surface area contributed by atoms with Crippen LogP contribution in [0.5, 0.6) is 11.5 Å². The molecule has 7 heteroatoms. The molecule has 0 aliphatic rings. The van der Waals surface area contributed by atoms with Gasteiger partial charge in [0.1, 0.15) is 17.2 Å². The van der Waals surface area contributed by atoms with E-state index in [0.29, 0.717) is 28.3 Å². The number of hydrogen-bond donors (Lipinski definition) is 0. The van der Waals surface area contributed by atoms with Crippen LogP contribution in [0.4, 0.5) is 0 Å². The van der Waals surface area contributed by atoms with Gasteiger partial charge in [0.2, 0.25) is 0 Å². The van der Waals surface area contributed by atoms with E-state index in [-0.39, 0.29) is 0 Å². The predicted octanol–water partition coefficient (Wildman–Crippen LogP) is 5.44. The minimum Gasteiger partial charge on any atom is -0.496 e. The molecule has 0 amide bonds. The third-order valence-electron chi connectivity index (χ3n) is 4.32. The summed E-state index contributed by atoms with van der Waals surface area (Å²) in [6.07, 6.45) is 1.89. The Hall–Kier alpha value is -2.24. The number of rotatable bonds is 6. The first-order valence-corrected chi connectivity index (χ1v) is 9.29. The maximum absolute atomic E-state index is 6.09. The summed E-state index contributed by atoms with van der Waals surface area (Å²) < 4.78 is 12.8. The number of benzene rings is 2. The van der Waals surface area contributed by atoms with Crippen molar-refractivity contribution in [2.75, 3.05) is 14.2 Å². The van der Waals surface area contributed by atoms with Crippen LogP contribution in [0.15, 0.2) is 36.5 Å². The fourth-order valence-corrected chi connectivity index (χ4v) is 3.22. The van der Waals surface area contributed by atoms with E-state index >= 15 is 0 Å². The summed E-state index contributed by atoms with van der Waals surface area (Å²) in [5.41, 5.74) is 3.69. The Morgan fingerprint density at radius 3 is 2.37 bits per heavy atom. The average Bonchev–Trinajstić information content (AvgIpc) is 3.11. The van der Waals surface area contributed by atoms with E-state index in [0.717, 1.165) is 28.1 Å². The molecular weight excluding hydrogens is 385 g/mol. The van der Waals surface area contributed by atoms with Crippen LogP contribution in [0.2, 0.25) is 10.0 Å². The highest BCUT2D eigenvalue weighted by Crippen LogP contribution is 2.38. The molecule has 5 nitrogen and oxygen atoms in total. The largest absolute Gasteiger partial charge is 0.496 e. The Labute approximate surface area is 168 Å². The maximum Gasteiger partial charge on any atom is 0.132 e. The molecule has 2 aromatic carbocycles. The predicted molar refractivity (Wildman–Crippen MR) is 108 cm³/mol. The van der Waals surface area contributed by atoms with Crippen molar-refractivity contribution in [3.05, 3.63) is 57.7 Å². The molecule has 3 rings (SSSR count). The molecule has 0 radical (unpaired) electrons. The summed E-state index contributed by atoms with van der Waals surface area (Å²) in [6, 6.07) is 9.47. The third-order valence-corrected chi connectivity index (χ3v) is 5.06. The van der Waals surface area contributed by atoms with Gasteiger partial charge >= 0.3 is 0 Å². The highest BCUT2D eigenvalue weighted by Gasteiger charge is 2.17. The lowest BCUT2D eigenvalue weighted by atomic mass is 9.97. The number of halogens is 2. The van der Waals surface area contributed by atoms with Gasteiger partial charge in [-0.3, -0.25) is 0 Å². The van der Waals surface area contributed by atoms with Crippen LogP contribution in [-0.2, 0) is 6.54 Å². The van der Waals surface area contributed by atoms with Crippen LogP contribution in [0.3, 0.4) is 0 Å². The quantitative estimate of drug-likeness (QED) is 0.547. The molecule has 0 saturated heterocycles. The lowest BCUT2D eigenvalue weighted by molar-refractivity contribution is 0.390. The Morgan fingerprint density at radius 2 is 1.74 bits per heavy atom. The Morgan fingerprint density at radius 1 is 1.00 bits per heavy atom. The van der Waals surface area contributed by atoms with E-state index in [1.807, 2.05) is 24.4 Å². The molecule has 0 bridgehead atoms. The van der Waals surface area contributed by atoms with E-state index in [9.17, 15) is 0 Å². The molecule has 0 saturated carbocycles. The molecular formula is C20H21Cl2N3O2. The van der Waals surface area contributed by atoms with Gasteiger partial charge < -0.3 is 9.47 Å². The highest BCUT2D eigenvalue weighted by atomic mass is 35.5. The smallest absolute Gasteiger partial charge is 0.132 e. The van der Waals surface area contributed by atoms with E-state index < -0.39 is 0 Å². The van der Waals surface area contributed by atoms with Crippen molar-refractivity contribution in [1.82, 2.24) is 15.0 Å². The monoisotopic (exact) mass is 405 g/mol. The summed E-state index contributed by atoms with van der Waals surface area (Å²) in [5, 5.41) is 9.61. The summed E-state index contributed by atoms with van der Waals surface area (Å²) in [6.45, 7) is 4.78. The van der Waals surface area contributed by atoms with Gasteiger partial charge in [0, 0.05) is 11.6 Å². The number of nitrogens with zero attached hydrogens (tertiary/aromatic N) is 3. The van der Waals surface area contributed by atoms with Crippen molar-refractivity contribution in [2.24, 2.45) is 0 Å². The van der Waals surface area contributed by atoms with Crippen LogP contribution in [-0.4, -0.2) is 29.2 Å². The second-order valence-electron chi connectivity index (χ2n) is 6.50. The van der Waals surface area contributed by atoms with Gasteiger partial charge in [-0.05, 0) is 35.2 Å². The number of hydrogen-bond acceptors (Lipinski definition) is 4. The molecule has 27 heavy (non-hydrogen) atoms. The van der Waals surface area contributed by atoms with E-state index in [4.69, 9.17) is 32.7 Å². The van der Waals surface area contributed by atoms with Crippen LogP contribution in [0.1, 0.15) is 30.9 Å². The van der Waals surface area contributed by atoms with Gasteiger partial charge in [-0.25, -0.2) is 4.68 Å². The molecule has 1 aromatic heterocycles. The second kappa shape index (κ2) is 8.19. The van der Waals surface area contributed by atoms with Gasteiger partial charge in [-0.15, -0.1) is 5.10 Å². The molecule has 0 atom stereocenters. The van der Waals surface area contributed by atoms with Crippen LogP contribution < -0.4 is 9.47 Å². The highest BCUT2D eigenvalue weighted by molar-refractivity contribution is 6.42. The third kappa shape index (κ3) is 4.20. The number of aromatic nitrogens is 3. The summed E-state index contributed by atoms with van der Waals surface area (Å²) in [7, 11) is 3.29. The van der Waals surface area contributed by atoms with Crippen molar-refractivity contribution >= 4 is 23.2 Å². The number of ether oxygens (including phenoxy) is 2. The second-order valence-corrected chi connectivity index (χ2v) is 7.31. The van der Waals surface area contributed by atoms with Crippen LogP contribution >= 0.6 is 23.2 Å². The Bertz CT molecular complexity index is 954. The Balaban J connectivity index is 1.95. The van der Waals surface area contributed by atoms with Crippen molar-refractivity contribution < 1.29 is 9.47 Å². The summed E-state index contributed by atoms with van der Waals surface area (Å²) >= 11 is 12.1. The topological polar surface area (TPSA) is 49.2 Å². The Kier molecular flexibility index (Phi) is 5.92. The molecule has 3 aromatic rings. The molecule has 142 valence electrons. The van der Waals surface area contributed by atoms with Crippen molar-refractivity contribution in [3.8, 4) is 22.8 Å². The van der Waals surface area contributed by atoms with Crippen LogP contribution in [0, 0.1) is 0 Å². The van der Waals surface area contributed by atoms with E-state index in [2.05, 4.69) is 30.2 Å². The van der Waals surface area contributed by atoms with Gasteiger partial charge in [-0.2, -0.15) is 0 Å². The van der Waals surface area contributed by atoms with Gasteiger partial charge in [0.25, 0.3) is 0 Å². The van der Waals surface area contributed by atoms with Crippen molar-refractivity contribution in [2.45, 2.75) is 26.3 Å². The van der Waals surface area contributed by atoms with Gasteiger partial charge in [0.15, 0.2) is 0 Å². The molecule has 0 aliphatic heterocycles. The zero-order chi connectivity index (χ0) is 19.6.